The van der Waals surface area contributed by atoms with Crippen LogP contribution in [0, 0.1) is 0 Å². The second kappa shape index (κ2) is 10.8. The summed E-state index contributed by atoms with van der Waals surface area (Å²) in [6.45, 7) is 4.32. The van der Waals surface area contributed by atoms with Gasteiger partial charge in [0, 0.05) is 5.25 Å². The fourth-order valence-electron chi connectivity index (χ4n) is 1.85. The van der Waals surface area contributed by atoms with Gasteiger partial charge in [0.05, 0.1) is 0 Å². The minimum Gasteiger partial charge on any atom is -0.338 e. The minimum absolute atomic E-state index is 0.325. The Bertz CT molecular complexity index is 219. The third kappa shape index (κ3) is 13.2. The van der Waals surface area contributed by atoms with Crippen molar-refractivity contribution >= 4 is 28.9 Å². The average Bonchev–Trinajstić information content (AvgIpc) is 2.24. The molecule has 104 valence electrons. The summed E-state index contributed by atoms with van der Waals surface area (Å²) >= 11 is 5.87. The summed E-state index contributed by atoms with van der Waals surface area (Å²) in [5.74, 6) is 0. The molecule has 0 radical (unpaired) electrons. The molecule has 0 saturated heterocycles. The highest BCUT2D eigenvalue weighted by Crippen LogP contribution is 2.54. The third-order valence-electron chi connectivity index (χ3n) is 2.87. The van der Waals surface area contributed by atoms with Gasteiger partial charge in [0.15, 0.2) is 0 Å². The highest BCUT2D eigenvalue weighted by Gasteiger charge is 2.16. The van der Waals surface area contributed by atoms with E-state index in [1.165, 1.54) is 56.3 Å². The van der Waals surface area contributed by atoms with Gasteiger partial charge in [-0.1, -0.05) is 70.2 Å². The Balaban J connectivity index is 3.47. The lowest BCUT2D eigenvalue weighted by atomic mass is 10.1. The quantitative estimate of drug-likeness (QED) is 0.422. The molecular formula is C12H27O2PS2. The summed E-state index contributed by atoms with van der Waals surface area (Å²) in [5.41, 5.74) is -3.06. The molecule has 0 saturated carbocycles. The molecule has 0 aliphatic heterocycles. The van der Waals surface area contributed by atoms with Crippen LogP contribution in [0.15, 0.2) is 0 Å². The van der Waals surface area contributed by atoms with Crippen LogP contribution in [-0.2, 0) is 11.8 Å². The van der Waals surface area contributed by atoms with Crippen LogP contribution in [0.5, 0.6) is 0 Å². The lowest BCUT2D eigenvalue weighted by Gasteiger charge is -2.16. The molecule has 0 spiro atoms. The third-order valence-corrected chi connectivity index (χ3v) is 6.51. The summed E-state index contributed by atoms with van der Waals surface area (Å²) < 4.78 is 0. The van der Waals surface area contributed by atoms with E-state index in [-0.39, 0.29) is 0 Å². The minimum atomic E-state index is -3.06. The molecule has 0 rings (SSSR count). The maximum Gasteiger partial charge on any atom is 0.242 e. The summed E-state index contributed by atoms with van der Waals surface area (Å²) in [6, 6.07) is 0. The van der Waals surface area contributed by atoms with Crippen LogP contribution in [0.3, 0.4) is 0 Å². The van der Waals surface area contributed by atoms with Crippen LogP contribution in [0.4, 0.5) is 0 Å². The molecular weight excluding hydrogens is 271 g/mol. The summed E-state index contributed by atoms with van der Waals surface area (Å²) in [6.07, 6.45) is 11.2. The number of rotatable bonds is 11. The van der Waals surface area contributed by atoms with Gasteiger partial charge in [-0.25, -0.2) is 0 Å². The molecule has 17 heavy (non-hydrogen) atoms. The smallest absolute Gasteiger partial charge is 0.242 e. The van der Waals surface area contributed by atoms with Crippen molar-refractivity contribution in [2.45, 2.75) is 76.9 Å². The van der Waals surface area contributed by atoms with Crippen LogP contribution < -0.4 is 0 Å². The zero-order valence-electron chi connectivity index (χ0n) is 11.1. The van der Waals surface area contributed by atoms with E-state index in [1.54, 1.807) is 0 Å². The fourth-order valence-corrected chi connectivity index (χ4v) is 5.69. The fraction of sp³-hybridized carbons (Fsp3) is 1.00. The second-order valence-electron chi connectivity index (χ2n) is 4.54. The van der Waals surface area contributed by atoms with E-state index in [1.807, 2.05) is 0 Å². The van der Waals surface area contributed by atoms with Gasteiger partial charge >= 0.3 is 0 Å². The second-order valence-corrected chi connectivity index (χ2v) is 10.8. The highest BCUT2D eigenvalue weighted by molar-refractivity contribution is 8.67. The Hall–Kier alpha value is 0.920. The molecule has 0 fully saturated rings. The highest BCUT2D eigenvalue weighted by atomic mass is 32.9. The maximum atomic E-state index is 9.26. The van der Waals surface area contributed by atoms with Crippen molar-refractivity contribution in [1.29, 1.82) is 0 Å². The number of unbranched alkanes of at least 4 members (excludes halogenated alkanes) is 6. The maximum absolute atomic E-state index is 9.26. The van der Waals surface area contributed by atoms with Crippen molar-refractivity contribution in [1.82, 2.24) is 0 Å². The number of hydrogen-bond acceptors (Lipinski definition) is 2. The van der Waals surface area contributed by atoms with Crippen molar-refractivity contribution in [3.05, 3.63) is 0 Å². The average molecular weight is 298 g/mol. The van der Waals surface area contributed by atoms with Crippen LogP contribution in [-0.4, -0.2) is 15.0 Å². The van der Waals surface area contributed by atoms with Crippen molar-refractivity contribution in [2.24, 2.45) is 0 Å². The Morgan fingerprint density at radius 3 is 2.00 bits per heavy atom. The molecule has 2 N–H and O–H groups in total. The summed E-state index contributed by atoms with van der Waals surface area (Å²) in [4.78, 5) is 18.5. The van der Waals surface area contributed by atoms with Gasteiger partial charge in [0.2, 0.25) is 5.69 Å². The van der Waals surface area contributed by atoms with Crippen molar-refractivity contribution in [3.63, 3.8) is 0 Å². The molecule has 0 aromatic rings. The predicted octanol–water partition coefficient (Wildman–Crippen LogP) is 4.85. The molecule has 5 heteroatoms. The van der Waals surface area contributed by atoms with E-state index in [0.717, 1.165) is 12.8 Å². The monoisotopic (exact) mass is 298 g/mol. The molecule has 0 amide bonds. The van der Waals surface area contributed by atoms with Crippen LogP contribution in [0.25, 0.3) is 0 Å². The van der Waals surface area contributed by atoms with Gasteiger partial charge in [-0.3, -0.25) is 0 Å². The Morgan fingerprint density at radius 2 is 1.53 bits per heavy atom. The molecule has 1 atom stereocenters. The topological polar surface area (TPSA) is 40.5 Å². The largest absolute Gasteiger partial charge is 0.338 e. The normalized spacial score (nSPS) is 13.9. The summed E-state index contributed by atoms with van der Waals surface area (Å²) in [5, 5.41) is 0.325. The SMILES string of the molecule is CCCCCCCCCC(CC)SP(O)(O)=S. The van der Waals surface area contributed by atoms with Gasteiger partial charge in [0.25, 0.3) is 0 Å². The van der Waals surface area contributed by atoms with Crippen LogP contribution in [0.1, 0.15) is 71.6 Å². The first kappa shape index (κ1) is 17.9. The van der Waals surface area contributed by atoms with Gasteiger partial charge in [-0.2, -0.15) is 0 Å². The predicted molar refractivity (Wildman–Crippen MR) is 83.0 cm³/mol. The van der Waals surface area contributed by atoms with E-state index >= 15 is 0 Å². The van der Waals surface area contributed by atoms with Gasteiger partial charge in [0.1, 0.15) is 0 Å². The molecule has 0 bridgehead atoms. The van der Waals surface area contributed by atoms with Crippen LogP contribution >= 0.6 is 17.1 Å². The first-order valence-corrected chi connectivity index (χ1v) is 10.9. The van der Waals surface area contributed by atoms with E-state index in [0.29, 0.717) is 5.25 Å². The number of hydrogen-bond donors (Lipinski definition) is 2. The first-order chi connectivity index (χ1) is 7.99. The lowest BCUT2D eigenvalue weighted by molar-refractivity contribution is 0.501. The molecule has 0 aliphatic rings. The molecule has 0 aromatic heterocycles. The first-order valence-electron chi connectivity index (χ1n) is 6.73. The van der Waals surface area contributed by atoms with Gasteiger partial charge in [-0.05, 0) is 24.6 Å². The van der Waals surface area contributed by atoms with Crippen molar-refractivity contribution in [3.8, 4) is 0 Å². The molecule has 0 heterocycles. The molecule has 2 nitrogen and oxygen atoms in total. The van der Waals surface area contributed by atoms with Gasteiger partial charge < -0.3 is 9.79 Å². The van der Waals surface area contributed by atoms with Crippen molar-refractivity contribution < 1.29 is 9.79 Å². The van der Waals surface area contributed by atoms with E-state index in [4.69, 9.17) is 0 Å². The molecule has 1 unspecified atom stereocenters. The Kier molecular flexibility index (Phi) is 11.4. The van der Waals surface area contributed by atoms with Gasteiger partial charge in [-0.15, -0.1) is 0 Å². The van der Waals surface area contributed by atoms with Crippen molar-refractivity contribution in [2.75, 3.05) is 0 Å². The zero-order chi connectivity index (χ0) is 13.1. The zero-order valence-corrected chi connectivity index (χ0v) is 13.6. The van der Waals surface area contributed by atoms with Crippen LogP contribution in [0.2, 0.25) is 0 Å². The van der Waals surface area contributed by atoms with E-state index in [2.05, 4.69) is 25.7 Å². The Morgan fingerprint density at radius 1 is 1.00 bits per heavy atom. The summed E-state index contributed by atoms with van der Waals surface area (Å²) in [7, 11) is 0. The standard InChI is InChI=1S/C12H27O2PS2/c1-3-5-6-7-8-9-10-11-12(4-2)17-15(13,14)16/h12H,3-11H2,1-2H3,(H2,13,14,16). The Labute approximate surface area is 116 Å². The van der Waals surface area contributed by atoms with E-state index in [9.17, 15) is 9.79 Å². The molecule has 0 aliphatic carbocycles. The van der Waals surface area contributed by atoms with E-state index < -0.39 is 5.69 Å². The lowest BCUT2D eigenvalue weighted by Crippen LogP contribution is -2.00. The molecule has 0 aromatic carbocycles.